The van der Waals surface area contributed by atoms with Gasteiger partial charge in [-0.25, -0.2) is 0 Å². The van der Waals surface area contributed by atoms with E-state index in [2.05, 4.69) is 5.32 Å². The van der Waals surface area contributed by atoms with Crippen LogP contribution in [0.5, 0.6) is 0 Å². The van der Waals surface area contributed by atoms with Crippen LogP contribution in [0.15, 0.2) is 28.9 Å². The normalized spacial score (nSPS) is 10.2. The summed E-state index contributed by atoms with van der Waals surface area (Å²) in [4.78, 5) is 23.8. The first-order valence-corrected chi connectivity index (χ1v) is 5.64. The van der Waals surface area contributed by atoms with Gasteiger partial charge >= 0.3 is 0 Å². The van der Waals surface area contributed by atoms with E-state index in [1.54, 1.807) is 18.2 Å². The van der Waals surface area contributed by atoms with E-state index in [4.69, 9.17) is 10.2 Å². The topological polar surface area (TPSA) is 85.3 Å². The molecule has 88 valence electrons. The molecule has 0 saturated heterocycles. The Bertz CT molecular complexity index is 557. The van der Waals surface area contributed by atoms with E-state index in [0.29, 0.717) is 10.6 Å². The molecule has 0 radical (unpaired) electrons. The van der Waals surface area contributed by atoms with E-state index in [1.165, 1.54) is 17.6 Å². The van der Waals surface area contributed by atoms with Crippen molar-refractivity contribution in [2.75, 3.05) is 5.32 Å². The minimum atomic E-state index is -0.566. The molecule has 0 spiro atoms. The fraction of sp³-hybridized carbons (Fsp3) is 0.0909. The van der Waals surface area contributed by atoms with Gasteiger partial charge in [0, 0.05) is 4.88 Å². The first-order chi connectivity index (χ1) is 8.08. The standard InChI is InChI=1S/C11H10N2O3S/c1-6-5-7(9(12)14)11(17-6)13-10(15)8-3-2-4-16-8/h2-5H,1H3,(H2,12,14)(H,13,15). The molecule has 17 heavy (non-hydrogen) atoms. The van der Waals surface area contributed by atoms with Crippen molar-refractivity contribution >= 4 is 28.2 Å². The monoisotopic (exact) mass is 250 g/mol. The summed E-state index contributed by atoms with van der Waals surface area (Å²) in [5, 5.41) is 3.04. The van der Waals surface area contributed by atoms with Gasteiger partial charge in [0.25, 0.3) is 11.8 Å². The number of anilines is 1. The van der Waals surface area contributed by atoms with Crippen molar-refractivity contribution in [2.45, 2.75) is 6.92 Å². The van der Waals surface area contributed by atoms with Crippen LogP contribution < -0.4 is 11.1 Å². The van der Waals surface area contributed by atoms with Crippen LogP contribution >= 0.6 is 11.3 Å². The van der Waals surface area contributed by atoms with Crippen molar-refractivity contribution in [3.05, 3.63) is 40.7 Å². The Kier molecular flexibility index (Phi) is 2.97. The van der Waals surface area contributed by atoms with Crippen molar-refractivity contribution in [2.24, 2.45) is 5.73 Å². The summed E-state index contributed by atoms with van der Waals surface area (Å²) in [6, 6.07) is 4.80. The molecule has 0 aliphatic rings. The Morgan fingerprint density at radius 3 is 2.82 bits per heavy atom. The molecule has 0 aromatic carbocycles. The van der Waals surface area contributed by atoms with Crippen molar-refractivity contribution in [3.8, 4) is 0 Å². The molecule has 6 heteroatoms. The number of carbonyl (C=O) groups excluding carboxylic acids is 2. The molecular weight excluding hydrogens is 240 g/mol. The fourth-order valence-corrected chi connectivity index (χ4v) is 2.27. The molecule has 0 atom stereocenters. The third-order valence-electron chi connectivity index (χ3n) is 2.09. The minimum absolute atomic E-state index is 0.187. The molecule has 2 rings (SSSR count). The van der Waals surface area contributed by atoms with E-state index in [9.17, 15) is 9.59 Å². The van der Waals surface area contributed by atoms with E-state index in [1.807, 2.05) is 6.92 Å². The average Bonchev–Trinajstić information content (AvgIpc) is 2.86. The molecule has 3 N–H and O–H groups in total. The number of nitrogens with one attached hydrogen (secondary N) is 1. The number of hydrogen-bond donors (Lipinski definition) is 2. The SMILES string of the molecule is Cc1cc(C(N)=O)c(NC(=O)c2ccco2)s1. The summed E-state index contributed by atoms with van der Waals surface area (Å²) in [7, 11) is 0. The molecule has 2 heterocycles. The van der Waals surface area contributed by atoms with E-state index >= 15 is 0 Å². The number of hydrogen-bond acceptors (Lipinski definition) is 4. The zero-order valence-corrected chi connectivity index (χ0v) is 9.84. The van der Waals surface area contributed by atoms with Gasteiger partial charge in [-0.15, -0.1) is 11.3 Å². The van der Waals surface area contributed by atoms with Gasteiger partial charge < -0.3 is 15.5 Å². The maximum Gasteiger partial charge on any atom is 0.291 e. The maximum absolute atomic E-state index is 11.7. The van der Waals surface area contributed by atoms with Crippen LogP contribution in [0.2, 0.25) is 0 Å². The second kappa shape index (κ2) is 4.42. The molecule has 0 saturated carbocycles. The molecule has 0 aliphatic carbocycles. The lowest BCUT2D eigenvalue weighted by molar-refractivity contribution is 0.0997. The predicted molar refractivity (Wildman–Crippen MR) is 64.2 cm³/mol. The number of primary amides is 1. The number of furan rings is 1. The number of thiophene rings is 1. The highest BCUT2D eigenvalue weighted by atomic mass is 32.1. The first kappa shape index (κ1) is 11.4. The molecule has 0 unspecified atom stereocenters. The zero-order valence-electron chi connectivity index (χ0n) is 9.02. The Morgan fingerprint density at radius 2 is 2.24 bits per heavy atom. The summed E-state index contributed by atoms with van der Waals surface area (Å²) in [6.07, 6.45) is 1.41. The molecule has 0 aliphatic heterocycles. The summed E-state index contributed by atoms with van der Waals surface area (Å²) < 4.78 is 4.95. The number of carbonyl (C=O) groups is 2. The summed E-state index contributed by atoms with van der Waals surface area (Å²) in [5.74, 6) is -0.782. The number of nitrogens with two attached hydrogens (primary N) is 1. The summed E-state index contributed by atoms with van der Waals surface area (Å²) >= 11 is 1.29. The van der Waals surface area contributed by atoms with Crippen LogP contribution in [0.4, 0.5) is 5.00 Å². The molecule has 2 aromatic heterocycles. The zero-order chi connectivity index (χ0) is 12.4. The van der Waals surface area contributed by atoms with Crippen LogP contribution in [-0.2, 0) is 0 Å². The Balaban J connectivity index is 2.24. The van der Waals surface area contributed by atoms with Crippen LogP contribution in [-0.4, -0.2) is 11.8 Å². The molecule has 0 bridgehead atoms. The largest absolute Gasteiger partial charge is 0.459 e. The quantitative estimate of drug-likeness (QED) is 0.873. The smallest absolute Gasteiger partial charge is 0.291 e. The van der Waals surface area contributed by atoms with E-state index < -0.39 is 11.8 Å². The number of rotatable bonds is 3. The fourth-order valence-electron chi connectivity index (χ4n) is 1.36. The van der Waals surface area contributed by atoms with Gasteiger partial charge in [0.2, 0.25) is 0 Å². The van der Waals surface area contributed by atoms with Crippen molar-refractivity contribution in [1.82, 2.24) is 0 Å². The van der Waals surface area contributed by atoms with Crippen molar-refractivity contribution < 1.29 is 14.0 Å². The van der Waals surface area contributed by atoms with Gasteiger partial charge in [0.15, 0.2) is 5.76 Å². The second-order valence-corrected chi connectivity index (χ2v) is 4.65. The van der Waals surface area contributed by atoms with Crippen molar-refractivity contribution in [3.63, 3.8) is 0 Å². The lowest BCUT2D eigenvalue weighted by atomic mass is 10.3. The molecule has 5 nitrogen and oxygen atoms in total. The lowest BCUT2D eigenvalue weighted by Gasteiger charge is -2.01. The highest BCUT2D eigenvalue weighted by Gasteiger charge is 2.16. The Labute approximate surface area is 101 Å². The van der Waals surface area contributed by atoms with Gasteiger partial charge in [0.1, 0.15) is 5.00 Å². The number of aryl methyl sites for hydroxylation is 1. The van der Waals surface area contributed by atoms with Crippen LogP contribution in [0.3, 0.4) is 0 Å². The third-order valence-corrected chi connectivity index (χ3v) is 3.06. The van der Waals surface area contributed by atoms with Crippen LogP contribution in [0, 0.1) is 6.92 Å². The highest BCUT2D eigenvalue weighted by molar-refractivity contribution is 7.16. The van der Waals surface area contributed by atoms with E-state index in [-0.39, 0.29) is 5.76 Å². The van der Waals surface area contributed by atoms with Gasteiger partial charge in [-0.3, -0.25) is 9.59 Å². The summed E-state index contributed by atoms with van der Waals surface area (Å²) in [5.41, 5.74) is 5.53. The Hall–Kier alpha value is -2.08. The van der Waals surface area contributed by atoms with E-state index in [0.717, 1.165) is 4.88 Å². The highest BCUT2D eigenvalue weighted by Crippen LogP contribution is 2.27. The van der Waals surface area contributed by atoms with Gasteiger partial charge in [-0.05, 0) is 25.1 Å². The van der Waals surface area contributed by atoms with Gasteiger partial charge in [-0.1, -0.05) is 0 Å². The molecule has 0 fully saturated rings. The summed E-state index contributed by atoms with van der Waals surface area (Å²) in [6.45, 7) is 1.83. The van der Waals surface area contributed by atoms with Gasteiger partial charge in [-0.2, -0.15) is 0 Å². The average molecular weight is 250 g/mol. The molecule has 2 amide bonds. The van der Waals surface area contributed by atoms with Crippen molar-refractivity contribution in [1.29, 1.82) is 0 Å². The molecular formula is C11H10N2O3S. The second-order valence-electron chi connectivity index (χ2n) is 3.40. The Morgan fingerprint density at radius 1 is 1.47 bits per heavy atom. The first-order valence-electron chi connectivity index (χ1n) is 4.83. The van der Waals surface area contributed by atoms with Crippen LogP contribution in [0.25, 0.3) is 0 Å². The predicted octanol–water partition coefficient (Wildman–Crippen LogP) is 2.00. The lowest BCUT2D eigenvalue weighted by Crippen LogP contribution is -2.16. The number of amides is 2. The third kappa shape index (κ3) is 2.36. The van der Waals surface area contributed by atoms with Gasteiger partial charge in [0.05, 0.1) is 11.8 Å². The maximum atomic E-state index is 11.7. The minimum Gasteiger partial charge on any atom is -0.459 e. The molecule has 2 aromatic rings. The van der Waals surface area contributed by atoms with Crippen LogP contribution in [0.1, 0.15) is 25.8 Å².